The van der Waals surface area contributed by atoms with Crippen LogP contribution in [0, 0.1) is 17.8 Å². The standard InChI is InChI=1S/C31H41N3O8/c1-15-7-9-34(10-8-15)14-17-13-20(35)22-18(27(17)40-4)11-16-12-19-24(33(2)3)26(37)23(30(32)39)28(38)31(19,42-6)29(41-5)21(16)25(22)36/h13,15-16,19,24,35,37H,7-12,14H2,1-6H3,(H2,32,39)/t16-,19-,24-,31+/m0/s1. The molecule has 0 saturated carbocycles. The number of nitrogens with zero attached hydrogens (tertiary/aromatic N) is 2. The number of aliphatic hydroxyl groups is 1. The van der Waals surface area contributed by atoms with Crippen LogP contribution < -0.4 is 10.5 Å². The second kappa shape index (κ2) is 11.0. The molecule has 228 valence electrons. The Morgan fingerprint density at radius 3 is 2.36 bits per heavy atom. The van der Waals surface area contributed by atoms with Crippen LogP contribution >= 0.6 is 0 Å². The minimum atomic E-state index is -1.88. The number of likely N-dealkylation sites (tertiary alicyclic amines) is 1. The van der Waals surface area contributed by atoms with Gasteiger partial charge in [-0.05, 0) is 70.8 Å². The Hall–Kier alpha value is -3.41. The van der Waals surface area contributed by atoms with E-state index in [1.165, 1.54) is 14.2 Å². The maximum Gasteiger partial charge on any atom is 0.255 e. The molecule has 4 aliphatic rings. The zero-order chi connectivity index (χ0) is 30.7. The first kappa shape index (κ1) is 30.1. The van der Waals surface area contributed by atoms with E-state index < -0.39 is 52.3 Å². The molecule has 1 fully saturated rings. The predicted octanol–water partition coefficient (Wildman–Crippen LogP) is 2.10. The van der Waals surface area contributed by atoms with E-state index in [-0.39, 0.29) is 29.1 Å². The number of aliphatic hydroxyl groups excluding tert-OH is 1. The molecular formula is C31H41N3O8. The lowest BCUT2D eigenvalue weighted by Gasteiger charge is -2.52. The van der Waals surface area contributed by atoms with Crippen molar-refractivity contribution in [3.8, 4) is 11.5 Å². The monoisotopic (exact) mass is 583 g/mol. The van der Waals surface area contributed by atoms with Crippen LogP contribution in [0.3, 0.4) is 0 Å². The summed E-state index contributed by atoms with van der Waals surface area (Å²) in [5.74, 6) is -2.98. The molecule has 0 radical (unpaired) electrons. The third kappa shape index (κ3) is 4.32. The smallest absolute Gasteiger partial charge is 0.255 e. The van der Waals surface area contributed by atoms with Gasteiger partial charge in [0.25, 0.3) is 5.91 Å². The van der Waals surface area contributed by atoms with Crippen molar-refractivity contribution < 1.29 is 38.8 Å². The Morgan fingerprint density at radius 1 is 1.14 bits per heavy atom. The van der Waals surface area contributed by atoms with Gasteiger partial charge in [0.05, 0.1) is 25.8 Å². The van der Waals surface area contributed by atoms with E-state index in [9.17, 15) is 24.6 Å². The fraction of sp³-hybridized carbons (Fsp3) is 0.581. The predicted molar refractivity (Wildman–Crippen MR) is 153 cm³/mol. The van der Waals surface area contributed by atoms with E-state index in [0.717, 1.165) is 31.5 Å². The number of primary amides is 1. The molecule has 11 heteroatoms. The fourth-order valence-electron chi connectivity index (χ4n) is 7.75. The molecule has 3 aliphatic carbocycles. The number of carbonyl (C=O) groups is 3. The Labute approximate surface area is 245 Å². The highest BCUT2D eigenvalue weighted by molar-refractivity contribution is 6.25. The number of phenolic OH excluding ortho intramolecular Hbond substituents is 1. The number of rotatable bonds is 7. The summed E-state index contributed by atoms with van der Waals surface area (Å²) in [6, 6.07) is 0.773. The number of aromatic hydroxyl groups is 1. The van der Waals surface area contributed by atoms with E-state index in [1.807, 2.05) is 0 Å². The summed E-state index contributed by atoms with van der Waals surface area (Å²) in [7, 11) is 7.66. The van der Waals surface area contributed by atoms with Crippen molar-refractivity contribution in [3.05, 3.63) is 45.4 Å². The number of piperidine rings is 1. The van der Waals surface area contributed by atoms with E-state index in [2.05, 4.69) is 11.8 Å². The van der Waals surface area contributed by atoms with Gasteiger partial charge in [-0.2, -0.15) is 0 Å². The van der Waals surface area contributed by atoms with E-state index >= 15 is 0 Å². The van der Waals surface area contributed by atoms with Crippen LogP contribution in [-0.4, -0.2) is 97.6 Å². The van der Waals surface area contributed by atoms with E-state index in [0.29, 0.717) is 30.2 Å². The van der Waals surface area contributed by atoms with Crippen LogP contribution in [0.15, 0.2) is 28.7 Å². The molecule has 0 unspecified atom stereocenters. The number of phenols is 1. The van der Waals surface area contributed by atoms with Gasteiger partial charge < -0.3 is 30.2 Å². The second-order valence-electron chi connectivity index (χ2n) is 12.2. The zero-order valence-electron chi connectivity index (χ0n) is 25.2. The van der Waals surface area contributed by atoms with E-state index in [1.54, 1.807) is 32.2 Å². The summed E-state index contributed by atoms with van der Waals surface area (Å²) in [4.78, 5) is 44.7. The topological polar surface area (TPSA) is 152 Å². The van der Waals surface area contributed by atoms with Crippen LogP contribution in [-0.2, 0) is 32.0 Å². The van der Waals surface area contributed by atoms with Crippen molar-refractivity contribution in [1.82, 2.24) is 9.80 Å². The zero-order valence-corrected chi connectivity index (χ0v) is 25.2. The van der Waals surface area contributed by atoms with Crippen molar-refractivity contribution in [3.63, 3.8) is 0 Å². The highest BCUT2D eigenvalue weighted by Gasteiger charge is 2.65. The number of methoxy groups -OCH3 is 3. The Bertz CT molecular complexity index is 1390. The first-order chi connectivity index (χ1) is 19.9. The van der Waals surface area contributed by atoms with Crippen molar-refractivity contribution >= 4 is 17.5 Å². The quantitative estimate of drug-likeness (QED) is 0.407. The molecule has 42 heavy (non-hydrogen) atoms. The molecule has 1 aliphatic heterocycles. The molecule has 4 atom stereocenters. The number of amides is 1. The second-order valence-corrected chi connectivity index (χ2v) is 12.2. The Balaban J connectivity index is 1.67. The van der Waals surface area contributed by atoms with Gasteiger partial charge in [0.15, 0.2) is 11.4 Å². The molecular weight excluding hydrogens is 542 g/mol. The molecule has 5 rings (SSSR count). The summed E-state index contributed by atoms with van der Waals surface area (Å²) in [5, 5.41) is 22.4. The molecule has 1 aromatic rings. The number of Topliss-reactive ketones (excluding diaryl/α,β-unsaturated/α-hetero) is 2. The van der Waals surface area contributed by atoms with Gasteiger partial charge in [0.2, 0.25) is 5.78 Å². The maximum atomic E-state index is 14.3. The lowest BCUT2D eigenvalue weighted by Crippen LogP contribution is -2.64. The summed E-state index contributed by atoms with van der Waals surface area (Å²) < 4.78 is 17.6. The largest absolute Gasteiger partial charge is 0.510 e. The van der Waals surface area contributed by atoms with Crippen molar-refractivity contribution in [2.75, 3.05) is 48.5 Å². The number of ketones is 2. The molecule has 1 amide bonds. The Morgan fingerprint density at radius 2 is 1.81 bits per heavy atom. The first-order valence-corrected chi connectivity index (χ1v) is 14.4. The SMILES string of the molecule is COC1=C2C(=O)c3c(O)cc(CN4CCC(C)CC4)c(OC)c3C[C@H]2C[C@H]2[C@H](N(C)C)C(O)=C(C(N)=O)C(=O)[C@@]12OC. The van der Waals surface area contributed by atoms with Gasteiger partial charge in [-0.3, -0.25) is 24.2 Å². The lowest BCUT2D eigenvalue weighted by atomic mass is 9.58. The van der Waals surface area contributed by atoms with Gasteiger partial charge in [-0.15, -0.1) is 0 Å². The van der Waals surface area contributed by atoms with Crippen LogP contribution in [0.2, 0.25) is 0 Å². The summed E-state index contributed by atoms with van der Waals surface area (Å²) >= 11 is 0. The third-order valence-corrected chi connectivity index (χ3v) is 9.69. The van der Waals surface area contributed by atoms with Crippen molar-refractivity contribution in [2.24, 2.45) is 23.5 Å². The van der Waals surface area contributed by atoms with Crippen LogP contribution in [0.25, 0.3) is 0 Å². The first-order valence-electron chi connectivity index (χ1n) is 14.4. The molecule has 1 saturated heterocycles. The van der Waals surface area contributed by atoms with Gasteiger partial charge in [0.1, 0.15) is 28.6 Å². The van der Waals surface area contributed by atoms with Crippen LogP contribution in [0.1, 0.15) is 47.7 Å². The van der Waals surface area contributed by atoms with Crippen molar-refractivity contribution in [1.29, 1.82) is 0 Å². The minimum Gasteiger partial charge on any atom is -0.510 e. The number of ether oxygens (including phenoxy) is 3. The number of hydrogen-bond donors (Lipinski definition) is 3. The van der Waals surface area contributed by atoms with Gasteiger partial charge in [-0.1, -0.05) is 6.92 Å². The molecule has 0 spiro atoms. The molecule has 0 aromatic heterocycles. The number of benzene rings is 1. The van der Waals surface area contributed by atoms with Gasteiger partial charge in [0, 0.05) is 36.3 Å². The third-order valence-electron chi connectivity index (χ3n) is 9.69. The number of nitrogens with two attached hydrogens (primary N) is 1. The normalized spacial score (nSPS) is 28.5. The molecule has 0 bridgehead atoms. The number of allylic oxidation sites excluding steroid dienone is 1. The van der Waals surface area contributed by atoms with Crippen LogP contribution in [0.4, 0.5) is 0 Å². The number of fused-ring (bicyclic) bond motifs is 3. The molecule has 1 aromatic carbocycles. The summed E-state index contributed by atoms with van der Waals surface area (Å²) in [5.41, 5.74) is 4.83. The number of hydrogen-bond acceptors (Lipinski definition) is 10. The van der Waals surface area contributed by atoms with Gasteiger partial charge >= 0.3 is 0 Å². The molecule has 11 nitrogen and oxygen atoms in total. The average Bonchev–Trinajstić information content (AvgIpc) is 2.93. The number of likely N-dealkylation sites (N-methyl/N-ethyl adjacent to an activating group) is 1. The fourth-order valence-corrected chi connectivity index (χ4v) is 7.75. The molecule has 4 N–H and O–H groups in total. The van der Waals surface area contributed by atoms with Crippen LogP contribution in [0.5, 0.6) is 11.5 Å². The minimum absolute atomic E-state index is 0.0325. The number of carbonyl (C=O) groups excluding carboxylic acids is 3. The lowest BCUT2D eigenvalue weighted by molar-refractivity contribution is -0.155. The van der Waals surface area contributed by atoms with E-state index in [4.69, 9.17) is 19.9 Å². The molecule has 1 heterocycles. The Kier molecular flexibility index (Phi) is 7.88. The highest BCUT2D eigenvalue weighted by Crippen LogP contribution is 2.55. The van der Waals surface area contributed by atoms with Gasteiger partial charge in [-0.25, -0.2) is 0 Å². The summed E-state index contributed by atoms with van der Waals surface area (Å²) in [6.07, 6.45) is 2.79. The summed E-state index contributed by atoms with van der Waals surface area (Å²) in [6.45, 7) is 4.72. The van der Waals surface area contributed by atoms with Crippen molar-refractivity contribution in [2.45, 2.75) is 50.8 Å². The highest BCUT2D eigenvalue weighted by atomic mass is 16.5. The maximum absolute atomic E-state index is 14.3. The average molecular weight is 584 g/mol.